The van der Waals surface area contributed by atoms with Gasteiger partial charge in [0.05, 0.1) is 13.0 Å². The van der Waals surface area contributed by atoms with Gasteiger partial charge in [-0.3, -0.25) is 4.79 Å². The van der Waals surface area contributed by atoms with E-state index in [9.17, 15) is 4.79 Å². The lowest BCUT2D eigenvalue weighted by Crippen LogP contribution is -2.33. The first kappa shape index (κ1) is 13.4. The fourth-order valence-corrected chi connectivity index (χ4v) is 3.22. The Morgan fingerprint density at radius 2 is 2.15 bits per heavy atom. The van der Waals surface area contributed by atoms with Crippen LogP contribution in [-0.4, -0.2) is 43.6 Å². The Bertz CT molecular complexity index is 455. The van der Waals surface area contributed by atoms with E-state index in [1.54, 1.807) is 0 Å². The first-order valence-electron chi connectivity index (χ1n) is 7.44. The number of benzene rings is 1. The molecule has 3 rings (SSSR count). The van der Waals surface area contributed by atoms with Crippen molar-refractivity contribution < 1.29 is 9.53 Å². The van der Waals surface area contributed by atoms with Crippen LogP contribution in [0.2, 0.25) is 0 Å². The second kappa shape index (κ2) is 5.83. The van der Waals surface area contributed by atoms with Gasteiger partial charge in [-0.2, -0.15) is 0 Å². The summed E-state index contributed by atoms with van der Waals surface area (Å²) in [5.41, 5.74) is 0.357. The Morgan fingerprint density at radius 1 is 1.30 bits per heavy atom. The summed E-state index contributed by atoms with van der Waals surface area (Å²) in [6, 6.07) is 9.67. The maximum Gasteiger partial charge on any atom is 0.226 e. The van der Waals surface area contributed by atoms with E-state index >= 15 is 0 Å². The quantitative estimate of drug-likeness (QED) is 0.908. The van der Waals surface area contributed by atoms with E-state index in [2.05, 4.69) is 5.32 Å². The molecular formula is C16H22N2O2. The van der Waals surface area contributed by atoms with Crippen molar-refractivity contribution >= 4 is 5.91 Å². The Balaban J connectivity index is 1.43. The molecule has 0 bridgehead atoms. The van der Waals surface area contributed by atoms with Gasteiger partial charge >= 0.3 is 0 Å². The molecule has 1 N–H and O–H groups in total. The maximum absolute atomic E-state index is 12.2. The topological polar surface area (TPSA) is 41.6 Å². The van der Waals surface area contributed by atoms with Gasteiger partial charge in [-0.05, 0) is 31.5 Å². The van der Waals surface area contributed by atoms with Gasteiger partial charge in [0.2, 0.25) is 5.91 Å². The molecule has 0 saturated carbocycles. The third kappa shape index (κ3) is 2.96. The van der Waals surface area contributed by atoms with Crippen LogP contribution >= 0.6 is 0 Å². The van der Waals surface area contributed by atoms with Crippen LogP contribution in [0, 0.1) is 5.41 Å². The molecule has 2 fully saturated rings. The molecule has 108 valence electrons. The highest BCUT2D eigenvalue weighted by Gasteiger charge is 2.41. The number of carbonyl (C=O) groups is 1. The van der Waals surface area contributed by atoms with Crippen molar-refractivity contribution in [2.24, 2.45) is 5.41 Å². The highest BCUT2D eigenvalue weighted by molar-refractivity contribution is 5.76. The molecule has 1 spiro atoms. The summed E-state index contributed by atoms with van der Waals surface area (Å²) >= 11 is 0. The largest absolute Gasteiger partial charge is 0.493 e. The van der Waals surface area contributed by atoms with E-state index in [0.717, 1.165) is 38.3 Å². The molecule has 4 heteroatoms. The smallest absolute Gasteiger partial charge is 0.226 e. The van der Waals surface area contributed by atoms with E-state index < -0.39 is 0 Å². The number of carbonyl (C=O) groups excluding carboxylic acids is 1. The lowest BCUT2D eigenvalue weighted by atomic mass is 9.87. The predicted octanol–water partition coefficient (Wildman–Crippen LogP) is 1.67. The van der Waals surface area contributed by atoms with Crippen LogP contribution < -0.4 is 10.1 Å². The van der Waals surface area contributed by atoms with Crippen molar-refractivity contribution in [3.8, 4) is 5.75 Å². The number of rotatable bonds is 4. The standard InChI is InChI=1S/C16H22N2O2/c19-15(6-11-20-14-4-2-1-3-5-14)18-10-8-16(13-18)7-9-17-12-16/h1-5,17H,6-13H2. The number of hydrogen-bond acceptors (Lipinski definition) is 3. The molecule has 0 radical (unpaired) electrons. The zero-order chi connectivity index (χ0) is 13.8. The van der Waals surface area contributed by atoms with Crippen molar-refractivity contribution in [2.75, 3.05) is 32.8 Å². The highest BCUT2D eigenvalue weighted by atomic mass is 16.5. The van der Waals surface area contributed by atoms with Gasteiger partial charge in [-0.25, -0.2) is 0 Å². The average Bonchev–Trinajstić information content (AvgIpc) is 3.11. The van der Waals surface area contributed by atoms with Gasteiger partial charge in [-0.15, -0.1) is 0 Å². The van der Waals surface area contributed by atoms with Crippen LogP contribution in [0.5, 0.6) is 5.75 Å². The monoisotopic (exact) mass is 274 g/mol. The Morgan fingerprint density at radius 3 is 2.90 bits per heavy atom. The molecular weight excluding hydrogens is 252 g/mol. The van der Waals surface area contributed by atoms with Crippen molar-refractivity contribution in [3.63, 3.8) is 0 Å². The van der Waals surface area contributed by atoms with Crippen LogP contribution in [-0.2, 0) is 4.79 Å². The number of nitrogens with one attached hydrogen (secondary N) is 1. The normalized spacial score (nSPS) is 25.3. The first-order chi connectivity index (χ1) is 9.77. The zero-order valence-corrected chi connectivity index (χ0v) is 11.8. The zero-order valence-electron chi connectivity index (χ0n) is 11.8. The van der Waals surface area contributed by atoms with E-state index in [1.807, 2.05) is 35.2 Å². The van der Waals surface area contributed by atoms with Crippen molar-refractivity contribution in [1.29, 1.82) is 0 Å². The van der Waals surface area contributed by atoms with Gasteiger partial charge in [-0.1, -0.05) is 18.2 Å². The summed E-state index contributed by atoms with van der Waals surface area (Å²) in [5.74, 6) is 1.06. The average molecular weight is 274 g/mol. The number of nitrogens with zero attached hydrogens (tertiary/aromatic N) is 1. The molecule has 1 atom stereocenters. The fraction of sp³-hybridized carbons (Fsp3) is 0.562. The number of amides is 1. The number of hydrogen-bond donors (Lipinski definition) is 1. The van der Waals surface area contributed by atoms with Crippen molar-refractivity contribution in [1.82, 2.24) is 10.2 Å². The van der Waals surface area contributed by atoms with Gasteiger partial charge in [0.15, 0.2) is 0 Å². The summed E-state index contributed by atoms with van der Waals surface area (Å²) in [6.07, 6.45) is 2.82. The van der Waals surface area contributed by atoms with E-state index in [1.165, 1.54) is 6.42 Å². The third-order valence-corrected chi connectivity index (χ3v) is 4.45. The molecule has 2 heterocycles. The highest BCUT2D eigenvalue weighted by Crippen LogP contribution is 2.36. The lowest BCUT2D eigenvalue weighted by Gasteiger charge is -2.22. The molecule has 1 amide bonds. The number of ether oxygens (including phenoxy) is 1. The predicted molar refractivity (Wildman–Crippen MR) is 77.7 cm³/mol. The first-order valence-corrected chi connectivity index (χ1v) is 7.44. The molecule has 1 unspecified atom stereocenters. The molecule has 1 aromatic carbocycles. The number of para-hydroxylation sites is 1. The molecule has 0 aromatic heterocycles. The molecule has 20 heavy (non-hydrogen) atoms. The second-order valence-electron chi connectivity index (χ2n) is 5.90. The van der Waals surface area contributed by atoms with Crippen LogP contribution in [0.3, 0.4) is 0 Å². The van der Waals surface area contributed by atoms with E-state index in [-0.39, 0.29) is 5.91 Å². The van der Waals surface area contributed by atoms with E-state index in [4.69, 9.17) is 4.74 Å². The van der Waals surface area contributed by atoms with Crippen LogP contribution in [0.4, 0.5) is 0 Å². The SMILES string of the molecule is O=C(CCOc1ccccc1)N1CCC2(CCNC2)C1. The van der Waals surface area contributed by atoms with Gasteiger partial charge in [0.25, 0.3) is 0 Å². The molecule has 4 nitrogen and oxygen atoms in total. The second-order valence-corrected chi connectivity index (χ2v) is 5.90. The van der Waals surface area contributed by atoms with Gasteiger partial charge < -0.3 is 15.0 Å². The van der Waals surface area contributed by atoms with Crippen LogP contribution in [0.25, 0.3) is 0 Å². The maximum atomic E-state index is 12.2. The van der Waals surface area contributed by atoms with Gasteiger partial charge in [0, 0.05) is 25.0 Å². The van der Waals surface area contributed by atoms with Crippen molar-refractivity contribution in [2.45, 2.75) is 19.3 Å². The molecule has 2 saturated heterocycles. The minimum atomic E-state index is 0.227. The summed E-state index contributed by atoms with van der Waals surface area (Å²) in [4.78, 5) is 14.2. The Hall–Kier alpha value is -1.55. The molecule has 1 aromatic rings. The summed E-state index contributed by atoms with van der Waals surface area (Å²) in [5, 5.41) is 3.42. The Kier molecular flexibility index (Phi) is 3.92. The molecule has 2 aliphatic heterocycles. The lowest BCUT2D eigenvalue weighted by molar-refractivity contribution is -0.131. The summed E-state index contributed by atoms with van der Waals surface area (Å²) < 4.78 is 5.59. The minimum absolute atomic E-state index is 0.227. The summed E-state index contributed by atoms with van der Waals surface area (Å²) in [6.45, 7) is 4.46. The van der Waals surface area contributed by atoms with Crippen LogP contribution in [0.15, 0.2) is 30.3 Å². The minimum Gasteiger partial charge on any atom is -0.493 e. The van der Waals surface area contributed by atoms with Gasteiger partial charge in [0.1, 0.15) is 5.75 Å². The van der Waals surface area contributed by atoms with E-state index in [0.29, 0.717) is 18.4 Å². The van der Waals surface area contributed by atoms with Crippen LogP contribution in [0.1, 0.15) is 19.3 Å². The van der Waals surface area contributed by atoms with Crippen molar-refractivity contribution in [3.05, 3.63) is 30.3 Å². The third-order valence-electron chi connectivity index (χ3n) is 4.45. The summed E-state index contributed by atoms with van der Waals surface area (Å²) in [7, 11) is 0. The Labute approximate surface area is 120 Å². The molecule has 2 aliphatic rings. The number of likely N-dealkylation sites (tertiary alicyclic amines) is 1. The fourth-order valence-electron chi connectivity index (χ4n) is 3.22. The molecule has 0 aliphatic carbocycles.